The molecule has 1 N–H and O–H groups in total. The molecular weight excluding hydrogens is 344 g/mol. The number of nitrogens with zero attached hydrogens (tertiary/aromatic N) is 1. The molecule has 6 heteroatoms. The zero-order valence-corrected chi connectivity index (χ0v) is 15.5. The number of hydrogen-bond acceptors (Lipinski definition) is 5. The SMILES string of the molecule is Cc1ccc(C)c(NC(=O)Cc2nc(-c3ccc4c(c3)OCO4)oc2C)c1. The molecule has 2 heterocycles. The van der Waals surface area contributed by atoms with Gasteiger partial charge in [0.05, 0.1) is 12.1 Å². The Labute approximate surface area is 157 Å². The predicted molar refractivity (Wildman–Crippen MR) is 101 cm³/mol. The molecule has 1 aliphatic rings. The van der Waals surface area contributed by atoms with Crippen molar-refractivity contribution in [2.24, 2.45) is 0 Å². The Kier molecular flexibility index (Phi) is 4.32. The number of ether oxygens (including phenoxy) is 2. The maximum absolute atomic E-state index is 12.5. The van der Waals surface area contributed by atoms with Gasteiger partial charge in [0.2, 0.25) is 18.6 Å². The summed E-state index contributed by atoms with van der Waals surface area (Å²) in [5.74, 6) is 2.32. The van der Waals surface area contributed by atoms with Crippen LogP contribution in [0.1, 0.15) is 22.6 Å². The summed E-state index contributed by atoms with van der Waals surface area (Å²) in [6.07, 6.45) is 0.146. The summed E-state index contributed by atoms with van der Waals surface area (Å²) in [4.78, 5) is 17.0. The maximum Gasteiger partial charge on any atom is 0.231 e. The van der Waals surface area contributed by atoms with E-state index in [1.165, 1.54) is 0 Å². The quantitative estimate of drug-likeness (QED) is 0.752. The Hall–Kier alpha value is -3.28. The van der Waals surface area contributed by atoms with E-state index in [0.717, 1.165) is 22.4 Å². The van der Waals surface area contributed by atoms with E-state index in [-0.39, 0.29) is 19.1 Å². The minimum absolute atomic E-state index is 0.127. The van der Waals surface area contributed by atoms with Gasteiger partial charge in [-0.3, -0.25) is 4.79 Å². The zero-order valence-electron chi connectivity index (χ0n) is 15.5. The largest absolute Gasteiger partial charge is 0.454 e. The number of aromatic nitrogens is 1. The third-order valence-corrected chi connectivity index (χ3v) is 4.51. The molecule has 27 heavy (non-hydrogen) atoms. The topological polar surface area (TPSA) is 73.6 Å². The summed E-state index contributed by atoms with van der Waals surface area (Å²) in [7, 11) is 0. The van der Waals surface area contributed by atoms with Gasteiger partial charge in [0, 0.05) is 11.3 Å². The highest BCUT2D eigenvalue weighted by Crippen LogP contribution is 2.36. The first-order valence-corrected chi connectivity index (χ1v) is 8.73. The van der Waals surface area contributed by atoms with Gasteiger partial charge in [-0.2, -0.15) is 0 Å². The molecule has 0 saturated carbocycles. The summed E-state index contributed by atoms with van der Waals surface area (Å²) in [6, 6.07) is 11.5. The van der Waals surface area contributed by atoms with Crippen LogP contribution in [0.3, 0.4) is 0 Å². The lowest BCUT2D eigenvalue weighted by molar-refractivity contribution is -0.115. The van der Waals surface area contributed by atoms with Crippen molar-refractivity contribution in [1.29, 1.82) is 0 Å². The molecule has 2 aromatic carbocycles. The molecular formula is C21H20N2O4. The molecule has 6 nitrogen and oxygen atoms in total. The van der Waals surface area contributed by atoms with E-state index in [9.17, 15) is 4.79 Å². The second-order valence-electron chi connectivity index (χ2n) is 6.63. The summed E-state index contributed by atoms with van der Waals surface area (Å²) in [6.45, 7) is 5.99. The van der Waals surface area contributed by atoms with Crippen LogP contribution in [0.4, 0.5) is 5.69 Å². The summed E-state index contributed by atoms with van der Waals surface area (Å²) < 4.78 is 16.5. The average Bonchev–Trinajstić information content (AvgIpc) is 3.24. The first-order chi connectivity index (χ1) is 13.0. The number of carbonyl (C=O) groups excluding carboxylic acids is 1. The van der Waals surface area contributed by atoms with Crippen molar-refractivity contribution < 1.29 is 18.7 Å². The third-order valence-electron chi connectivity index (χ3n) is 4.51. The van der Waals surface area contributed by atoms with E-state index in [1.807, 2.05) is 57.2 Å². The number of oxazole rings is 1. The Morgan fingerprint density at radius 1 is 1.07 bits per heavy atom. The van der Waals surface area contributed by atoms with Crippen molar-refractivity contribution in [1.82, 2.24) is 4.98 Å². The minimum atomic E-state index is -0.127. The van der Waals surface area contributed by atoms with Crippen molar-refractivity contribution in [3.05, 3.63) is 59.0 Å². The van der Waals surface area contributed by atoms with Gasteiger partial charge < -0.3 is 19.2 Å². The standard InChI is InChI=1S/C21H20N2O4/c1-12-4-5-13(2)16(8-12)22-20(24)10-17-14(3)27-21(23-17)15-6-7-18-19(9-15)26-11-25-18/h4-9H,10-11H2,1-3H3,(H,22,24). The second kappa shape index (κ2) is 6.79. The number of rotatable bonds is 4. The second-order valence-corrected chi connectivity index (χ2v) is 6.63. The van der Waals surface area contributed by atoms with Crippen LogP contribution >= 0.6 is 0 Å². The lowest BCUT2D eigenvalue weighted by Gasteiger charge is -2.08. The fourth-order valence-corrected chi connectivity index (χ4v) is 2.96. The number of amides is 1. The molecule has 0 spiro atoms. The van der Waals surface area contributed by atoms with Crippen LogP contribution in [0.25, 0.3) is 11.5 Å². The molecule has 1 amide bonds. The molecule has 0 unspecified atom stereocenters. The van der Waals surface area contributed by atoms with Gasteiger partial charge in [0.25, 0.3) is 0 Å². The van der Waals surface area contributed by atoms with Gasteiger partial charge >= 0.3 is 0 Å². The molecule has 0 aliphatic carbocycles. The predicted octanol–water partition coefficient (Wildman–Crippen LogP) is 4.18. The van der Waals surface area contributed by atoms with Gasteiger partial charge in [0.15, 0.2) is 11.5 Å². The number of anilines is 1. The smallest absolute Gasteiger partial charge is 0.231 e. The zero-order chi connectivity index (χ0) is 19.0. The summed E-state index contributed by atoms with van der Waals surface area (Å²) in [5.41, 5.74) is 4.33. The fourth-order valence-electron chi connectivity index (χ4n) is 2.96. The van der Waals surface area contributed by atoms with E-state index < -0.39 is 0 Å². The number of hydrogen-bond donors (Lipinski definition) is 1. The van der Waals surface area contributed by atoms with E-state index in [1.54, 1.807) is 0 Å². The van der Waals surface area contributed by atoms with Crippen LogP contribution in [0.15, 0.2) is 40.8 Å². The van der Waals surface area contributed by atoms with Crippen molar-refractivity contribution >= 4 is 11.6 Å². The molecule has 0 radical (unpaired) electrons. The van der Waals surface area contributed by atoms with Crippen LogP contribution in [-0.2, 0) is 11.2 Å². The van der Waals surface area contributed by atoms with Gasteiger partial charge in [-0.15, -0.1) is 0 Å². The maximum atomic E-state index is 12.5. The highest BCUT2D eigenvalue weighted by Gasteiger charge is 2.19. The first kappa shape index (κ1) is 17.1. The van der Waals surface area contributed by atoms with Crippen molar-refractivity contribution in [3.63, 3.8) is 0 Å². The van der Waals surface area contributed by atoms with E-state index in [2.05, 4.69) is 10.3 Å². The van der Waals surface area contributed by atoms with Crippen LogP contribution in [0.5, 0.6) is 11.5 Å². The first-order valence-electron chi connectivity index (χ1n) is 8.73. The van der Waals surface area contributed by atoms with Gasteiger partial charge in [-0.25, -0.2) is 4.98 Å². The highest BCUT2D eigenvalue weighted by atomic mass is 16.7. The van der Waals surface area contributed by atoms with Gasteiger partial charge in [-0.1, -0.05) is 12.1 Å². The highest BCUT2D eigenvalue weighted by molar-refractivity contribution is 5.93. The molecule has 0 atom stereocenters. The molecule has 4 rings (SSSR count). The van der Waals surface area contributed by atoms with Crippen molar-refractivity contribution in [3.8, 4) is 23.0 Å². The number of aryl methyl sites for hydroxylation is 3. The van der Waals surface area contributed by atoms with Gasteiger partial charge in [0.1, 0.15) is 5.76 Å². The van der Waals surface area contributed by atoms with Crippen molar-refractivity contribution in [2.75, 3.05) is 12.1 Å². The monoisotopic (exact) mass is 364 g/mol. The Balaban J connectivity index is 1.51. The van der Waals surface area contributed by atoms with E-state index in [0.29, 0.717) is 28.8 Å². The Morgan fingerprint density at radius 2 is 1.89 bits per heavy atom. The summed E-state index contributed by atoms with van der Waals surface area (Å²) in [5, 5.41) is 2.95. The third kappa shape index (κ3) is 3.51. The number of nitrogens with one attached hydrogen (secondary N) is 1. The Morgan fingerprint density at radius 3 is 2.74 bits per heavy atom. The minimum Gasteiger partial charge on any atom is -0.454 e. The number of benzene rings is 2. The number of fused-ring (bicyclic) bond motifs is 1. The molecule has 0 bridgehead atoms. The van der Waals surface area contributed by atoms with E-state index >= 15 is 0 Å². The van der Waals surface area contributed by atoms with E-state index in [4.69, 9.17) is 13.9 Å². The lowest BCUT2D eigenvalue weighted by atomic mass is 10.1. The summed E-state index contributed by atoms with van der Waals surface area (Å²) >= 11 is 0. The van der Waals surface area contributed by atoms with Crippen LogP contribution in [-0.4, -0.2) is 17.7 Å². The molecule has 1 aromatic heterocycles. The average molecular weight is 364 g/mol. The number of carbonyl (C=O) groups is 1. The van der Waals surface area contributed by atoms with Crippen LogP contribution < -0.4 is 14.8 Å². The molecule has 0 fully saturated rings. The molecule has 1 aliphatic heterocycles. The van der Waals surface area contributed by atoms with Crippen LogP contribution in [0.2, 0.25) is 0 Å². The van der Waals surface area contributed by atoms with Crippen molar-refractivity contribution in [2.45, 2.75) is 27.2 Å². The molecule has 138 valence electrons. The molecule has 0 saturated heterocycles. The van der Waals surface area contributed by atoms with Gasteiger partial charge in [-0.05, 0) is 56.2 Å². The van der Waals surface area contributed by atoms with Crippen LogP contribution in [0, 0.1) is 20.8 Å². The normalized spacial score (nSPS) is 12.3. The molecule has 3 aromatic rings. The Bertz CT molecular complexity index is 1020. The lowest BCUT2D eigenvalue weighted by Crippen LogP contribution is -2.16. The fraction of sp³-hybridized carbons (Fsp3) is 0.238.